The summed E-state index contributed by atoms with van der Waals surface area (Å²) in [5.41, 5.74) is 1.37. The minimum atomic E-state index is -1.31. The molecule has 1 heterocycles. The van der Waals surface area contributed by atoms with E-state index in [0.717, 1.165) is 5.01 Å². The van der Waals surface area contributed by atoms with Gasteiger partial charge < -0.3 is 9.63 Å². The van der Waals surface area contributed by atoms with E-state index in [4.69, 9.17) is 5.11 Å². The van der Waals surface area contributed by atoms with Crippen molar-refractivity contribution in [2.75, 3.05) is 0 Å². The Morgan fingerprint density at radius 2 is 2.12 bits per heavy atom. The van der Waals surface area contributed by atoms with Crippen molar-refractivity contribution in [3.05, 3.63) is 18.0 Å². The SMILES string of the molecule is CC(C)(C)N(NC(=O)O)C(=O)c1ccon1. The van der Waals surface area contributed by atoms with E-state index in [9.17, 15) is 9.59 Å². The fourth-order valence-electron chi connectivity index (χ4n) is 1.06. The molecule has 16 heavy (non-hydrogen) atoms. The number of nitrogens with one attached hydrogen (secondary N) is 1. The van der Waals surface area contributed by atoms with Crippen LogP contribution in [0, 0.1) is 0 Å². The lowest BCUT2D eigenvalue weighted by Gasteiger charge is -2.33. The molecule has 1 aromatic rings. The van der Waals surface area contributed by atoms with Crippen LogP contribution in [0.2, 0.25) is 0 Å². The van der Waals surface area contributed by atoms with Gasteiger partial charge in [0, 0.05) is 6.07 Å². The fraction of sp³-hybridized carbons (Fsp3) is 0.444. The Bertz CT molecular complexity index is 380. The molecule has 0 aromatic carbocycles. The molecule has 0 saturated carbocycles. The smallest absolute Gasteiger partial charge is 0.423 e. The van der Waals surface area contributed by atoms with Crippen molar-refractivity contribution in [3.8, 4) is 0 Å². The first-order valence-corrected chi connectivity index (χ1v) is 4.57. The van der Waals surface area contributed by atoms with Crippen LogP contribution in [0.4, 0.5) is 4.79 Å². The number of rotatable bonds is 1. The number of nitrogens with zero attached hydrogens (tertiary/aromatic N) is 2. The third-order valence-electron chi connectivity index (χ3n) is 1.74. The van der Waals surface area contributed by atoms with E-state index in [0.29, 0.717) is 0 Å². The molecule has 0 spiro atoms. The molecule has 7 heteroatoms. The zero-order valence-electron chi connectivity index (χ0n) is 9.22. The van der Waals surface area contributed by atoms with Crippen molar-refractivity contribution < 1.29 is 19.2 Å². The van der Waals surface area contributed by atoms with Crippen LogP contribution in [-0.2, 0) is 0 Å². The Kier molecular flexibility index (Phi) is 3.17. The Morgan fingerprint density at radius 3 is 2.50 bits per heavy atom. The molecule has 0 aliphatic rings. The fourth-order valence-corrected chi connectivity index (χ4v) is 1.06. The lowest BCUT2D eigenvalue weighted by molar-refractivity contribution is 0.0391. The van der Waals surface area contributed by atoms with Gasteiger partial charge in [-0.25, -0.2) is 15.2 Å². The highest BCUT2D eigenvalue weighted by Crippen LogP contribution is 2.13. The monoisotopic (exact) mass is 227 g/mol. The highest BCUT2D eigenvalue weighted by Gasteiger charge is 2.30. The Morgan fingerprint density at radius 1 is 1.50 bits per heavy atom. The van der Waals surface area contributed by atoms with E-state index < -0.39 is 17.5 Å². The van der Waals surface area contributed by atoms with E-state index in [1.807, 2.05) is 5.43 Å². The maximum absolute atomic E-state index is 11.9. The average molecular weight is 227 g/mol. The molecular weight excluding hydrogens is 214 g/mol. The van der Waals surface area contributed by atoms with Gasteiger partial charge in [0.05, 0.1) is 5.54 Å². The van der Waals surface area contributed by atoms with Gasteiger partial charge in [-0.3, -0.25) is 4.79 Å². The second kappa shape index (κ2) is 4.21. The van der Waals surface area contributed by atoms with Crippen molar-refractivity contribution in [2.24, 2.45) is 0 Å². The molecule has 0 bridgehead atoms. The summed E-state index contributed by atoms with van der Waals surface area (Å²) in [6.07, 6.45) is -0.0683. The predicted octanol–water partition coefficient (Wildman–Crippen LogP) is 1.10. The normalized spacial score (nSPS) is 10.9. The first kappa shape index (κ1) is 12.0. The summed E-state index contributed by atoms with van der Waals surface area (Å²) >= 11 is 0. The molecule has 0 unspecified atom stereocenters. The van der Waals surface area contributed by atoms with Crippen LogP contribution in [-0.4, -0.2) is 32.8 Å². The average Bonchev–Trinajstić information content (AvgIpc) is 2.63. The molecular formula is C9H13N3O4. The molecule has 1 aromatic heterocycles. The largest absolute Gasteiger partial charge is 0.464 e. The number of aromatic nitrogens is 1. The Labute approximate surface area is 92.0 Å². The van der Waals surface area contributed by atoms with Crippen molar-refractivity contribution in [2.45, 2.75) is 26.3 Å². The summed E-state index contributed by atoms with van der Waals surface area (Å²) in [6.45, 7) is 5.09. The Hall–Kier alpha value is -2.05. The van der Waals surface area contributed by atoms with Gasteiger partial charge in [-0.1, -0.05) is 5.16 Å². The molecule has 0 aliphatic carbocycles. The molecule has 0 saturated heterocycles. The van der Waals surface area contributed by atoms with Gasteiger partial charge in [0.1, 0.15) is 6.26 Å². The summed E-state index contributed by atoms with van der Waals surface area (Å²) < 4.78 is 4.53. The van der Waals surface area contributed by atoms with Crippen LogP contribution in [0.15, 0.2) is 16.9 Å². The van der Waals surface area contributed by atoms with Gasteiger partial charge in [0.2, 0.25) is 0 Å². The van der Waals surface area contributed by atoms with E-state index in [2.05, 4.69) is 9.68 Å². The maximum atomic E-state index is 11.9. The van der Waals surface area contributed by atoms with Crippen molar-refractivity contribution in [1.82, 2.24) is 15.6 Å². The zero-order chi connectivity index (χ0) is 12.3. The van der Waals surface area contributed by atoms with E-state index in [1.54, 1.807) is 20.8 Å². The van der Waals surface area contributed by atoms with Crippen molar-refractivity contribution >= 4 is 12.0 Å². The molecule has 0 fully saturated rings. The summed E-state index contributed by atoms with van der Waals surface area (Å²) in [5, 5.41) is 13.1. The molecule has 0 atom stereocenters. The third kappa shape index (κ3) is 2.72. The van der Waals surface area contributed by atoms with Crippen LogP contribution in [0.25, 0.3) is 0 Å². The number of carbonyl (C=O) groups is 2. The van der Waals surface area contributed by atoms with Gasteiger partial charge in [-0.05, 0) is 20.8 Å². The van der Waals surface area contributed by atoms with Gasteiger partial charge in [-0.15, -0.1) is 0 Å². The lowest BCUT2D eigenvalue weighted by atomic mass is 10.1. The van der Waals surface area contributed by atoms with Crippen LogP contribution in [0.3, 0.4) is 0 Å². The summed E-state index contributed by atoms with van der Waals surface area (Å²) in [6, 6.07) is 1.37. The minimum Gasteiger partial charge on any atom is -0.464 e. The first-order chi connectivity index (χ1) is 7.32. The van der Waals surface area contributed by atoms with Crippen LogP contribution >= 0.6 is 0 Å². The van der Waals surface area contributed by atoms with E-state index in [1.165, 1.54) is 12.3 Å². The molecule has 2 N–H and O–H groups in total. The Balaban J connectivity index is 2.94. The van der Waals surface area contributed by atoms with E-state index in [-0.39, 0.29) is 5.69 Å². The molecule has 1 rings (SSSR count). The summed E-state index contributed by atoms with van der Waals surface area (Å²) in [7, 11) is 0. The maximum Gasteiger partial charge on any atom is 0.423 e. The predicted molar refractivity (Wildman–Crippen MR) is 53.6 cm³/mol. The number of hydrazine groups is 1. The summed E-state index contributed by atoms with van der Waals surface area (Å²) in [5.74, 6) is -0.566. The van der Waals surface area contributed by atoms with Crippen LogP contribution in [0.5, 0.6) is 0 Å². The number of amides is 2. The van der Waals surface area contributed by atoms with Crippen molar-refractivity contribution in [1.29, 1.82) is 0 Å². The molecule has 7 nitrogen and oxygen atoms in total. The minimum absolute atomic E-state index is 0.0451. The molecule has 88 valence electrons. The molecule has 0 aliphatic heterocycles. The number of hydrogen-bond acceptors (Lipinski definition) is 4. The van der Waals surface area contributed by atoms with Crippen molar-refractivity contribution in [3.63, 3.8) is 0 Å². The highest BCUT2D eigenvalue weighted by atomic mass is 16.5. The summed E-state index contributed by atoms with van der Waals surface area (Å²) in [4.78, 5) is 22.4. The second-order valence-corrected chi connectivity index (χ2v) is 4.11. The second-order valence-electron chi connectivity index (χ2n) is 4.11. The van der Waals surface area contributed by atoms with Crippen LogP contribution in [0.1, 0.15) is 31.3 Å². The third-order valence-corrected chi connectivity index (χ3v) is 1.74. The highest BCUT2D eigenvalue weighted by molar-refractivity contribution is 5.93. The number of carboxylic acid groups (broad SMARTS) is 1. The number of carbonyl (C=O) groups excluding carboxylic acids is 1. The topological polar surface area (TPSA) is 95.7 Å². The standard InChI is InChI=1S/C9H13N3O4/c1-9(2,3)12(10-8(14)15)7(13)6-4-5-16-11-6/h4-5,10H,1-3H3,(H,14,15). The molecule has 0 radical (unpaired) electrons. The van der Waals surface area contributed by atoms with Gasteiger partial charge in [0.15, 0.2) is 5.69 Å². The van der Waals surface area contributed by atoms with E-state index >= 15 is 0 Å². The lowest BCUT2D eigenvalue weighted by Crippen LogP contribution is -2.55. The zero-order valence-corrected chi connectivity index (χ0v) is 9.22. The van der Waals surface area contributed by atoms with Gasteiger partial charge in [-0.2, -0.15) is 0 Å². The quantitative estimate of drug-likeness (QED) is 0.700. The van der Waals surface area contributed by atoms with Gasteiger partial charge >= 0.3 is 6.09 Å². The molecule has 2 amide bonds. The number of hydrogen-bond donors (Lipinski definition) is 2. The van der Waals surface area contributed by atoms with Gasteiger partial charge in [0.25, 0.3) is 5.91 Å². The first-order valence-electron chi connectivity index (χ1n) is 4.57. The van der Waals surface area contributed by atoms with Crippen LogP contribution < -0.4 is 5.43 Å².